The highest BCUT2D eigenvalue weighted by atomic mass is 79.9. The quantitative estimate of drug-likeness (QED) is 0.816. The molecule has 0 aliphatic rings. The van der Waals surface area contributed by atoms with Gasteiger partial charge >= 0.3 is 0 Å². The summed E-state index contributed by atoms with van der Waals surface area (Å²) >= 11 is 3.51. The Labute approximate surface area is 130 Å². The summed E-state index contributed by atoms with van der Waals surface area (Å²) in [5.74, 6) is 0.0581. The van der Waals surface area contributed by atoms with Gasteiger partial charge in [0.1, 0.15) is 0 Å². The van der Waals surface area contributed by atoms with Gasteiger partial charge in [-0.05, 0) is 71.8 Å². The predicted molar refractivity (Wildman–Crippen MR) is 88.9 cm³/mol. The minimum atomic E-state index is 0.0581. The third-order valence-electron chi connectivity index (χ3n) is 3.55. The van der Waals surface area contributed by atoms with E-state index in [1.807, 2.05) is 19.9 Å². The fourth-order valence-corrected chi connectivity index (χ4v) is 3.02. The molecule has 3 nitrogen and oxygen atoms in total. The number of benzene rings is 1. The average molecular weight is 341 g/mol. The predicted octanol–water partition coefficient (Wildman–Crippen LogP) is 4.16. The van der Waals surface area contributed by atoms with Crippen LogP contribution in [0.4, 0.5) is 5.69 Å². The van der Waals surface area contributed by atoms with Crippen LogP contribution < -0.4 is 11.1 Å². The molecule has 0 spiro atoms. The van der Waals surface area contributed by atoms with Crippen LogP contribution in [-0.4, -0.2) is 12.5 Å². The number of amides is 1. The van der Waals surface area contributed by atoms with Crippen molar-refractivity contribution in [2.45, 2.75) is 47.0 Å². The Balaban J connectivity index is 2.64. The first-order chi connectivity index (χ1) is 9.25. The minimum Gasteiger partial charge on any atom is -0.330 e. The number of nitrogens with one attached hydrogen (secondary N) is 1. The molecule has 0 radical (unpaired) electrons. The Hall–Kier alpha value is -0.870. The highest BCUT2D eigenvalue weighted by Crippen LogP contribution is 2.29. The zero-order valence-corrected chi connectivity index (χ0v) is 14.4. The number of halogens is 1. The molecule has 0 heterocycles. The van der Waals surface area contributed by atoms with Gasteiger partial charge in [0, 0.05) is 10.9 Å². The number of nitrogens with two attached hydrogens (primary N) is 1. The first kappa shape index (κ1) is 17.2. The molecular formula is C16H25BrN2O. The van der Waals surface area contributed by atoms with Crippen LogP contribution in [0.5, 0.6) is 0 Å². The van der Waals surface area contributed by atoms with Crippen LogP contribution in [0, 0.1) is 19.3 Å². The van der Waals surface area contributed by atoms with Crippen LogP contribution in [0.1, 0.15) is 44.2 Å². The van der Waals surface area contributed by atoms with Crippen molar-refractivity contribution < 1.29 is 4.79 Å². The second-order valence-electron chi connectivity index (χ2n) is 6.19. The number of carbonyl (C=O) groups excluding carboxylic acids is 1. The summed E-state index contributed by atoms with van der Waals surface area (Å²) in [6, 6.07) is 4.08. The molecule has 4 heteroatoms. The lowest BCUT2D eigenvalue weighted by atomic mass is 9.84. The molecule has 0 fully saturated rings. The number of hydrogen-bond donors (Lipinski definition) is 2. The summed E-state index contributed by atoms with van der Waals surface area (Å²) in [7, 11) is 0. The average Bonchev–Trinajstić information content (AvgIpc) is 2.31. The van der Waals surface area contributed by atoms with Crippen molar-refractivity contribution in [2.24, 2.45) is 11.1 Å². The smallest absolute Gasteiger partial charge is 0.224 e. The zero-order chi connectivity index (χ0) is 15.3. The monoisotopic (exact) mass is 340 g/mol. The van der Waals surface area contributed by atoms with E-state index in [1.165, 1.54) is 5.56 Å². The molecule has 1 aromatic rings. The van der Waals surface area contributed by atoms with Gasteiger partial charge in [-0.1, -0.05) is 19.9 Å². The Morgan fingerprint density at radius 1 is 1.30 bits per heavy atom. The molecule has 20 heavy (non-hydrogen) atoms. The van der Waals surface area contributed by atoms with E-state index < -0.39 is 0 Å². The van der Waals surface area contributed by atoms with Crippen molar-refractivity contribution >= 4 is 27.5 Å². The van der Waals surface area contributed by atoms with E-state index >= 15 is 0 Å². The molecule has 0 aliphatic carbocycles. The van der Waals surface area contributed by atoms with Crippen LogP contribution in [0.15, 0.2) is 16.6 Å². The standard InChI is InChI=1S/C16H25BrN2O/c1-11-9-12(2)15(13(17)10-11)19-14(20)5-6-16(3,4)7-8-18/h9-10H,5-8,18H2,1-4H3,(H,19,20). The van der Waals surface area contributed by atoms with Gasteiger partial charge < -0.3 is 11.1 Å². The molecule has 3 N–H and O–H groups in total. The van der Waals surface area contributed by atoms with Crippen molar-refractivity contribution in [1.82, 2.24) is 0 Å². The van der Waals surface area contributed by atoms with Crippen LogP contribution in [0.2, 0.25) is 0 Å². The third-order valence-corrected chi connectivity index (χ3v) is 4.17. The minimum absolute atomic E-state index is 0.0581. The topological polar surface area (TPSA) is 55.1 Å². The summed E-state index contributed by atoms with van der Waals surface area (Å²) in [6.07, 6.45) is 2.30. The molecule has 1 amide bonds. The van der Waals surface area contributed by atoms with E-state index in [9.17, 15) is 4.79 Å². The van der Waals surface area contributed by atoms with E-state index in [0.29, 0.717) is 13.0 Å². The van der Waals surface area contributed by atoms with Crippen LogP contribution in [-0.2, 0) is 4.79 Å². The van der Waals surface area contributed by atoms with Crippen molar-refractivity contribution in [3.8, 4) is 0 Å². The van der Waals surface area contributed by atoms with Gasteiger partial charge in [-0.2, -0.15) is 0 Å². The van der Waals surface area contributed by atoms with Gasteiger partial charge in [0.05, 0.1) is 5.69 Å². The van der Waals surface area contributed by atoms with Crippen molar-refractivity contribution in [2.75, 3.05) is 11.9 Å². The number of carbonyl (C=O) groups is 1. The second kappa shape index (κ2) is 7.23. The molecule has 0 aromatic heterocycles. The summed E-state index contributed by atoms with van der Waals surface area (Å²) in [6.45, 7) is 9.02. The summed E-state index contributed by atoms with van der Waals surface area (Å²) in [4.78, 5) is 12.1. The Morgan fingerprint density at radius 2 is 1.95 bits per heavy atom. The molecule has 0 unspecified atom stereocenters. The highest BCUT2D eigenvalue weighted by Gasteiger charge is 2.19. The fourth-order valence-electron chi connectivity index (χ4n) is 2.24. The Morgan fingerprint density at radius 3 is 2.50 bits per heavy atom. The van der Waals surface area contributed by atoms with E-state index in [-0.39, 0.29) is 11.3 Å². The van der Waals surface area contributed by atoms with Crippen LogP contribution in [0.3, 0.4) is 0 Å². The zero-order valence-electron chi connectivity index (χ0n) is 12.8. The first-order valence-corrected chi connectivity index (χ1v) is 7.81. The maximum Gasteiger partial charge on any atom is 0.224 e. The number of aryl methyl sites for hydroxylation is 2. The summed E-state index contributed by atoms with van der Waals surface area (Å²) in [5.41, 5.74) is 8.83. The lowest BCUT2D eigenvalue weighted by Crippen LogP contribution is -2.21. The van der Waals surface area contributed by atoms with E-state index in [2.05, 4.69) is 41.2 Å². The molecule has 0 saturated carbocycles. The van der Waals surface area contributed by atoms with Crippen molar-refractivity contribution in [3.05, 3.63) is 27.7 Å². The van der Waals surface area contributed by atoms with Gasteiger partial charge in [0.15, 0.2) is 0 Å². The van der Waals surface area contributed by atoms with Crippen LogP contribution in [0.25, 0.3) is 0 Å². The molecule has 0 atom stereocenters. The third kappa shape index (κ3) is 5.25. The first-order valence-electron chi connectivity index (χ1n) is 7.02. The van der Waals surface area contributed by atoms with Crippen molar-refractivity contribution in [1.29, 1.82) is 0 Å². The van der Waals surface area contributed by atoms with E-state index in [4.69, 9.17) is 5.73 Å². The SMILES string of the molecule is Cc1cc(C)c(NC(=O)CCC(C)(C)CCN)c(Br)c1. The molecule has 112 valence electrons. The maximum absolute atomic E-state index is 12.1. The van der Waals surface area contributed by atoms with Gasteiger partial charge in [0.25, 0.3) is 0 Å². The number of hydrogen-bond acceptors (Lipinski definition) is 2. The van der Waals surface area contributed by atoms with E-state index in [1.54, 1.807) is 0 Å². The van der Waals surface area contributed by atoms with Gasteiger partial charge in [-0.15, -0.1) is 0 Å². The molecular weight excluding hydrogens is 316 g/mol. The Kier molecular flexibility index (Phi) is 6.21. The summed E-state index contributed by atoms with van der Waals surface area (Å²) in [5, 5.41) is 3.00. The van der Waals surface area contributed by atoms with Gasteiger partial charge in [-0.25, -0.2) is 0 Å². The molecule has 1 rings (SSSR count). The lowest BCUT2D eigenvalue weighted by molar-refractivity contribution is -0.116. The number of anilines is 1. The largest absolute Gasteiger partial charge is 0.330 e. The second-order valence-corrected chi connectivity index (χ2v) is 7.04. The maximum atomic E-state index is 12.1. The van der Waals surface area contributed by atoms with Gasteiger partial charge in [0.2, 0.25) is 5.91 Å². The van der Waals surface area contributed by atoms with E-state index in [0.717, 1.165) is 28.6 Å². The highest BCUT2D eigenvalue weighted by molar-refractivity contribution is 9.10. The normalized spacial score (nSPS) is 11.5. The lowest BCUT2D eigenvalue weighted by Gasteiger charge is -2.23. The van der Waals surface area contributed by atoms with Gasteiger partial charge in [-0.3, -0.25) is 4.79 Å². The van der Waals surface area contributed by atoms with Crippen LogP contribution >= 0.6 is 15.9 Å². The van der Waals surface area contributed by atoms with Crippen molar-refractivity contribution in [3.63, 3.8) is 0 Å². The Bertz CT molecular complexity index is 460. The number of rotatable bonds is 6. The molecule has 0 bridgehead atoms. The summed E-state index contributed by atoms with van der Waals surface area (Å²) < 4.78 is 0.935. The molecule has 0 aliphatic heterocycles. The molecule has 0 saturated heterocycles. The fraction of sp³-hybridized carbons (Fsp3) is 0.562. The molecule has 1 aromatic carbocycles.